The quantitative estimate of drug-likeness (QED) is 0.127. The Labute approximate surface area is 235 Å². The van der Waals surface area contributed by atoms with E-state index < -0.39 is 0 Å². The molecule has 0 bridgehead atoms. The van der Waals surface area contributed by atoms with E-state index in [1.54, 1.807) is 18.6 Å². The minimum Gasteiger partial charge on any atom is -0.494 e. The Kier molecular flexibility index (Phi) is 8.80. The lowest BCUT2D eigenvalue weighted by Crippen LogP contribution is -2.20. The van der Waals surface area contributed by atoms with Crippen LogP contribution in [0.2, 0.25) is 0 Å². The molecule has 9 nitrogen and oxygen atoms in total. The highest BCUT2D eigenvalue weighted by Crippen LogP contribution is 2.28. The summed E-state index contributed by atoms with van der Waals surface area (Å²) in [5.74, 6) is 2.63. The van der Waals surface area contributed by atoms with Crippen molar-refractivity contribution in [2.75, 3.05) is 12.4 Å². The van der Waals surface area contributed by atoms with E-state index in [4.69, 9.17) is 9.47 Å². The molecule has 0 unspecified atom stereocenters. The highest BCUT2D eigenvalue weighted by molar-refractivity contribution is 7.99. The zero-order valence-corrected chi connectivity index (χ0v) is 22.5. The van der Waals surface area contributed by atoms with Crippen molar-refractivity contribution in [2.45, 2.75) is 12.1 Å². The van der Waals surface area contributed by atoms with Gasteiger partial charge in [0.1, 0.15) is 17.2 Å². The SMILES string of the molecule is CCOc1ccc(-n2c(SCC(=O)NN=Cc3cccc(Oc4ccccc4)c3)nnc2-c2cccnc2)cc1. The van der Waals surface area contributed by atoms with Crippen molar-refractivity contribution in [3.63, 3.8) is 0 Å². The highest BCUT2D eigenvalue weighted by atomic mass is 32.2. The summed E-state index contributed by atoms with van der Waals surface area (Å²) < 4.78 is 13.3. The van der Waals surface area contributed by atoms with Gasteiger partial charge in [0.15, 0.2) is 11.0 Å². The number of hydrazone groups is 1. The van der Waals surface area contributed by atoms with Gasteiger partial charge >= 0.3 is 0 Å². The van der Waals surface area contributed by atoms with Crippen LogP contribution >= 0.6 is 11.8 Å². The molecule has 3 aromatic carbocycles. The van der Waals surface area contributed by atoms with Crippen molar-refractivity contribution < 1.29 is 14.3 Å². The molecule has 0 spiro atoms. The molecule has 5 aromatic rings. The summed E-state index contributed by atoms with van der Waals surface area (Å²) in [6.45, 7) is 2.52. The third-order valence-corrected chi connectivity index (χ3v) is 6.46. The molecule has 0 saturated carbocycles. The first-order valence-corrected chi connectivity index (χ1v) is 13.5. The van der Waals surface area contributed by atoms with Gasteiger partial charge in [0.25, 0.3) is 5.91 Å². The summed E-state index contributed by atoms with van der Waals surface area (Å²) in [6, 6.07) is 28.4. The van der Waals surface area contributed by atoms with Crippen LogP contribution in [0.15, 0.2) is 114 Å². The number of nitrogens with one attached hydrogen (secondary N) is 1. The first-order chi connectivity index (χ1) is 19.7. The fourth-order valence-electron chi connectivity index (χ4n) is 3.76. The van der Waals surface area contributed by atoms with Crippen molar-refractivity contribution in [3.8, 4) is 34.3 Å². The smallest absolute Gasteiger partial charge is 0.250 e. The largest absolute Gasteiger partial charge is 0.494 e. The van der Waals surface area contributed by atoms with Crippen molar-refractivity contribution in [1.29, 1.82) is 0 Å². The first-order valence-electron chi connectivity index (χ1n) is 12.6. The van der Waals surface area contributed by atoms with Crippen LogP contribution in [-0.2, 0) is 4.79 Å². The average Bonchev–Trinajstić information content (AvgIpc) is 3.42. The molecule has 200 valence electrons. The van der Waals surface area contributed by atoms with Crippen LogP contribution in [0, 0.1) is 0 Å². The number of amides is 1. The van der Waals surface area contributed by atoms with Gasteiger partial charge in [-0.2, -0.15) is 5.10 Å². The molecular formula is C30H26N6O3S. The molecular weight excluding hydrogens is 524 g/mol. The Balaban J connectivity index is 1.25. The summed E-state index contributed by atoms with van der Waals surface area (Å²) in [5.41, 5.74) is 5.01. The number of thioether (sulfide) groups is 1. The number of rotatable bonds is 11. The van der Waals surface area contributed by atoms with Gasteiger partial charge < -0.3 is 9.47 Å². The second kappa shape index (κ2) is 13.2. The van der Waals surface area contributed by atoms with Gasteiger partial charge in [0, 0.05) is 23.6 Å². The number of benzene rings is 3. The van der Waals surface area contributed by atoms with Gasteiger partial charge in [-0.25, -0.2) is 5.43 Å². The lowest BCUT2D eigenvalue weighted by atomic mass is 10.2. The van der Waals surface area contributed by atoms with Crippen molar-refractivity contribution in [1.82, 2.24) is 25.2 Å². The van der Waals surface area contributed by atoms with Gasteiger partial charge in [-0.05, 0) is 73.2 Å². The lowest BCUT2D eigenvalue weighted by molar-refractivity contribution is -0.118. The van der Waals surface area contributed by atoms with Crippen LogP contribution in [0.4, 0.5) is 0 Å². The second-order valence-corrected chi connectivity index (χ2v) is 9.32. The molecule has 0 aliphatic rings. The topological polar surface area (TPSA) is 104 Å². The minimum atomic E-state index is -0.276. The van der Waals surface area contributed by atoms with Gasteiger partial charge in [0.2, 0.25) is 0 Å². The molecule has 10 heteroatoms. The van der Waals surface area contributed by atoms with Crippen LogP contribution in [-0.4, -0.2) is 44.2 Å². The zero-order chi connectivity index (χ0) is 27.6. The maximum Gasteiger partial charge on any atom is 0.250 e. The van der Waals surface area contributed by atoms with Crippen molar-refractivity contribution in [3.05, 3.63) is 109 Å². The maximum absolute atomic E-state index is 12.6. The molecule has 0 atom stereocenters. The molecule has 0 saturated heterocycles. The van der Waals surface area contributed by atoms with Crippen molar-refractivity contribution >= 4 is 23.9 Å². The van der Waals surface area contributed by atoms with Crippen LogP contribution in [0.25, 0.3) is 17.1 Å². The summed E-state index contributed by atoms with van der Waals surface area (Å²) in [6.07, 6.45) is 5.00. The van der Waals surface area contributed by atoms with Crippen LogP contribution in [0.1, 0.15) is 12.5 Å². The summed E-state index contributed by atoms with van der Waals surface area (Å²) in [4.78, 5) is 16.8. The number of carbonyl (C=O) groups is 1. The normalized spacial score (nSPS) is 10.9. The Hall–Kier alpha value is -4.96. The molecule has 2 aromatic heterocycles. The zero-order valence-electron chi connectivity index (χ0n) is 21.7. The Morgan fingerprint density at radius 2 is 1.77 bits per heavy atom. The van der Waals surface area contributed by atoms with Gasteiger partial charge in [-0.3, -0.25) is 14.3 Å². The Bertz CT molecular complexity index is 1570. The fraction of sp³-hybridized carbons (Fsp3) is 0.100. The number of carbonyl (C=O) groups excluding carboxylic acids is 1. The van der Waals surface area contributed by atoms with E-state index >= 15 is 0 Å². The fourth-order valence-corrected chi connectivity index (χ4v) is 4.50. The Morgan fingerprint density at radius 3 is 2.55 bits per heavy atom. The van der Waals surface area contributed by atoms with E-state index in [-0.39, 0.29) is 11.7 Å². The lowest BCUT2D eigenvalue weighted by Gasteiger charge is -2.11. The van der Waals surface area contributed by atoms with Gasteiger partial charge in [-0.1, -0.05) is 42.1 Å². The number of pyridine rings is 1. The predicted octanol–water partition coefficient (Wildman–Crippen LogP) is 5.76. The molecule has 40 heavy (non-hydrogen) atoms. The first kappa shape index (κ1) is 26.6. The maximum atomic E-state index is 12.6. The molecule has 1 N–H and O–H groups in total. The van der Waals surface area contributed by atoms with Crippen LogP contribution in [0.3, 0.4) is 0 Å². The molecule has 1 amide bonds. The summed E-state index contributed by atoms with van der Waals surface area (Å²) >= 11 is 1.26. The van der Waals surface area contributed by atoms with Crippen LogP contribution < -0.4 is 14.9 Å². The minimum absolute atomic E-state index is 0.0939. The van der Waals surface area contributed by atoms with E-state index in [1.165, 1.54) is 11.8 Å². The van der Waals surface area contributed by atoms with E-state index in [9.17, 15) is 4.79 Å². The van der Waals surface area contributed by atoms with Gasteiger partial charge in [0.05, 0.1) is 18.6 Å². The summed E-state index contributed by atoms with van der Waals surface area (Å²) in [7, 11) is 0. The number of hydrogen-bond acceptors (Lipinski definition) is 8. The standard InChI is InChI=1S/C30H26N6O3S/c1-2-38-25-15-13-24(14-16-25)36-29(23-9-7-17-31-20-23)34-35-30(36)40-21-28(37)33-32-19-22-8-6-12-27(18-22)39-26-10-4-3-5-11-26/h3-20H,2,21H2,1H3,(H,33,37). The molecule has 0 aliphatic heterocycles. The highest BCUT2D eigenvalue weighted by Gasteiger charge is 2.17. The van der Waals surface area contributed by atoms with Gasteiger partial charge in [-0.15, -0.1) is 10.2 Å². The Morgan fingerprint density at radius 1 is 0.950 bits per heavy atom. The molecule has 5 rings (SSSR count). The number of hydrogen-bond donors (Lipinski definition) is 1. The molecule has 0 aliphatic carbocycles. The number of para-hydroxylation sites is 1. The third kappa shape index (κ3) is 6.91. The number of nitrogens with zero attached hydrogens (tertiary/aromatic N) is 5. The second-order valence-electron chi connectivity index (χ2n) is 8.38. The van der Waals surface area contributed by atoms with Crippen molar-refractivity contribution in [2.24, 2.45) is 5.10 Å². The molecule has 0 fully saturated rings. The van der Waals surface area contributed by atoms with E-state index in [0.717, 1.165) is 28.3 Å². The predicted molar refractivity (Wildman–Crippen MR) is 155 cm³/mol. The third-order valence-electron chi connectivity index (χ3n) is 5.53. The molecule has 0 radical (unpaired) electrons. The average molecular weight is 551 g/mol. The number of ether oxygens (including phenoxy) is 2. The van der Waals surface area contributed by atoms with E-state index in [2.05, 4.69) is 25.7 Å². The number of aromatic nitrogens is 4. The monoisotopic (exact) mass is 550 g/mol. The van der Waals surface area contributed by atoms with E-state index in [1.807, 2.05) is 102 Å². The summed E-state index contributed by atoms with van der Waals surface area (Å²) in [5, 5.41) is 13.4. The van der Waals surface area contributed by atoms with Crippen LogP contribution in [0.5, 0.6) is 17.2 Å². The molecule has 2 heterocycles. The van der Waals surface area contributed by atoms with E-state index in [0.29, 0.717) is 23.3 Å².